The van der Waals surface area contributed by atoms with Crippen LogP contribution < -0.4 is 0 Å². The van der Waals surface area contributed by atoms with Gasteiger partial charge in [0.05, 0.1) is 6.10 Å². The minimum atomic E-state index is -0.747. The summed E-state index contributed by atoms with van der Waals surface area (Å²) in [6.07, 6.45) is 6.50. The fraction of sp³-hybridized carbons (Fsp3) is 0.600. The van der Waals surface area contributed by atoms with E-state index in [1.54, 1.807) is 0 Å². The van der Waals surface area contributed by atoms with Crippen LogP contribution in [0.1, 0.15) is 63.4 Å². The zero-order valence-corrected chi connectivity index (χ0v) is 14.2. The number of carbonyl (C=O) groups excluding carboxylic acids is 1. The summed E-state index contributed by atoms with van der Waals surface area (Å²) >= 11 is 0. The van der Waals surface area contributed by atoms with E-state index in [2.05, 4.69) is 12.1 Å². The third-order valence-corrected chi connectivity index (χ3v) is 5.17. The Kier molecular flexibility index (Phi) is 6.98. The number of ketones is 1. The van der Waals surface area contributed by atoms with E-state index in [0.29, 0.717) is 12.8 Å². The van der Waals surface area contributed by atoms with Gasteiger partial charge in [0.25, 0.3) is 0 Å². The van der Waals surface area contributed by atoms with Crippen molar-refractivity contribution in [3.63, 3.8) is 0 Å². The molecular weight excluding hydrogens is 304 g/mol. The molecule has 0 heterocycles. The first kappa shape index (κ1) is 18.7. The van der Waals surface area contributed by atoms with Gasteiger partial charge in [-0.1, -0.05) is 49.6 Å². The van der Waals surface area contributed by atoms with E-state index in [9.17, 15) is 14.7 Å². The van der Waals surface area contributed by atoms with Crippen molar-refractivity contribution in [2.24, 2.45) is 5.41 Å². The Morgan fingerprint density at radius 1 is 1.08 bits per heavy atom. The van der Waals surface area contributed by atoms with E-state index in [1.807, 2.05) is 18.2 Å². The van der Waals surface area contributed by atoms with Gasteiger partial charge in [-0.15, -0.1) is 0 Å². The summed E-state index contributed by atoms with van der Waals surface area (Å²) in [6, 6.07) is 10.2. The molecule has 1 aliphatic carbocycles. The van der Waals surface area contributed by atoms with Crippen molar-refractivity contribution >= 4 is 11.8 Å². The molecule has 4 nitrogen and oxygen atoms in total. The maximum Gasteiger partial charge on any atom is 0.303 e. The van der Waals surface area contributed by atoms with Gasteiger partial charge in [-0.2, -0.15) is 0 Å². The highest BCUT2D eigenvalue weighted by molar-refractivity contribution is 5.87. The number of rotatable bonds is 10. The van der Waals surface area contributed by atoms with Crippen molar-refractivity contribution in [3.8, 4) is 0 Å². The average molecular weight is 332 g/mol. The summed E-state index contributed by atoms with van der Waals surface area (Å²) in [5.41, 5.74) is 0.842. The van der Waals surface area contributed by atoms with Crippen LogP contribution in [0, 0.1) is 5.41 Å². The maximum atomic E-state index is 12.5. The maximum absolute atomic E-state index is 12.5. The molecule has 1 saturated carbocycles. The number of benzene rings is 1. The minimum Gasteiger partial charge on any atom is -0.481 e. The Hall–Kier alpha value is -1.68. The standard InChI is InChI=1S/C20H28O4/c21-17-14-18(22)20(15-17,12-7-2-1-6-10-19(23)24)13-11-16-8-4-3-5-9-16/h3-5,8-9,17,21H,1-2,6-7,10-15H2,(H,23,24). The van der Waals surface area contributed by atoms with E-state index < -0.39 is 12.1 Å². The highest BCUT2D eigenvalue weighted by atomic mass is 16.4. The number of aliphatic hydroxyl groups is 1. The first-order chi connectivity index (χ1) is 11.5. The van der Waals surface area contributed by atoms with Crippen molar-refractivity contribution in [3.05, 3.63) is 35.9 Å². The second-order valence-electron chi connectivity index (χ2n) is 7.06. The number of unbranched alkanes of at least 4 members (excludes halogenated alkanes) is 3. The van der Waals surface area contributed by atoms with Crippen LogP contribution in [0.3, 0.4) is 0 Å². The van der Waals surface area contributed by atoms with Gasteiger partial charge in [0, 0.05) is 18.3 Å². The van der Waals surface area contributed by atoms with E-state index in [-0.39, 0.29) is 24.0 Å². The smallest absolute Gasteiger partial charge is 0.303 e. The van der Waals surface area contributed by atoms with E-state index in [1.165, 1.54) is 5.56 Å². The zero-order chi connectivity index (χ0) is 17.4. The van der Waals surface area contributed by atoms with E-state index in [4.69, 9.17) is 5.11 Å². The Labute approximate surface area is 143 Å². The van der Waals surface area contributed by atoms with Gasteiger partial charge >= 0.3 is 5.97 Å². The summed E-state index contributed by atoms with van der Waals surface area (Å²) in [5, 5.41) is 18.6. The van der Waals surface area contributed by atoms with Crippen LogP contribution in [-0.2, 0) is 16.0 Å². The van der Waals surface area contributed by atoms with Crippen molar-refractivity contribution in [1.29, 1.82) is 0 Å². The third kappa shape index (κ3) is 5.45. The fourth-order valence-electron chi connectivity index (χ4n) is 3.80. The average Bonchev–Trinajstić information content (AvgIpc) is 2.84. The SMILES string of the molecule is O=C(O)CCCCCCC1(CCc2ccccc2)CC(O)CC1=O. The number of hydrogen-bond donors (Lipinski definition) is 2. The molecule has 132 valence electrons. The molecule has 0 amide bonds. The van der Waals surface area contributed by atoms with Crippen LogP contribution in [0.4, 0.5) is 0 Å². The quantitative estimate of drug-likeness (QED) is 0.640. The molecule has 2 rings (SSSR count). The molecule has 0 aliphatic heterocycles. The molecule has 0 radical (unpaired) electrons. The molecule has 2 unspecified atom stereocenters. The number of carboxylic acids is 1. The molecule has 0 bridgehead atoms. The predicted molar refractivity (Wildman–Crippen MR) is 92.8 cm³/mol. The fourth-order valence-corrected chi connectivity index (χ4v) is 3.80. The molecule has 24 heavy (non-hydrogen) atoms. The lowest BCUT2D eigenvalue weighted by atomic mass is 9.75. The van der Waals surface area contributed by atoms with Crippen LogP contribution in [0.5, 0.6) is 0 Å². The lowest BCUT2D eigenvalue weighted by molar-refractivity contribution is -0.137. The summed E-state index contributed by atoms with van der Waals surface area (Å²) in [4.78, 5) is 23.0. The third-order valence-electron chi connectivity index (χ3n) is 5.17. The largest absolute Gasteiger partial charge is 0.481 e. The summed E-state index contributed by atoms with van der Waals surface area (Å²) in [6.45, 7) is 0. The van der Waals surface area contributed by atoms with Crippen molar-refractivity contribution < 1.29 is 19.8 Å². The Bertz CT molecular complexity index is 540. The lowest BCUT2D eigenvalue weighted by Crippen LogP contribution is -2.27. The number of aliphatic carboxylic acids is 1. The first-order valence-electron chi connectivity index (χ1n) is 8.99. The molecule has 1 aromatic rings. The van der Waals surface area contributed by atoms with E-state index in [0.717, 1.165) is 38.5 Å². The second-order valence-corrected chi connectivity index (χ2v) is 7.06. The van der Waals surface area contributed by atoms with Gasteiger partial charge in [0.2, 0.25) is 0 Å². The summed E-state index contributed by atoms with van der Waals surface area (Å²) in [5.74, 6) is -0.542. The Morgan fingerprint density at radius 3 is 2.42 bits per heavy atom. The molecule has 2 N–H and O–H groups in total. The number of Topliss-reactive ketones (excluding diaryl/α,β-unsaturated/α-hetero) is 1. The Balaban J connectivity index is 1.85. The molecule has 1 aromatic carbocycles. The monoisotopic (exact) mass is 332 g/mol. The summed E-state index contributed by atoms with van der Waals surface area (Å²) in [7, 11) is 0. The molecule has 0 spiro atoms. The molecule has 0 saturated heterocycles. The van der Waals surface area contributed by atoms with Gasteiger partial charge < -0.3 is 10.2 Å². The number of hydrogen-bond acceptors (Lipinski definition) is 3. The van der Waals surface area contributed by atoms with Crippen LogP contribution in [0.25, 0.3) is 0 Å². The van der Waals surface area contributed by atoms with Crippen molar-refractivity contribution in [1.82, 2.24) is 0 Å². The highest BCUT2D eigenvalue weighted by Gasteiger charge is 2.44. The number of aliphatic hydroxyl groups excluding tert-OH is 1. The molecule has 1 fully saturated rings. The molecule has 1 aliphatic rings. The highest BCUT2D eigenvalue weighted by Crippen LogP contribution is 2.43. The van der Waals surface area contributed by atoms with Crippen LogP contribution in [0.2, 0.25) is 0 Å². The second kappa shape index (κ2) is 8.97. The minimum absolute atomic E-state index is 0.205. The molecule has 4 heteroatoms. The number of carboxylic acid groups (broad SMARTS) is 1. The van der Waals surface area contributed by atoms with Crippen molar-refractivity contribution in [2.45, 2.75) is 70.3 Å². The normalized spacial score (nSPS) is 23.5. The topological polar surface area (TPSA) is 74.6 Å². The van der Waals surface area contributed by atoms with Crippen LogP contribution >= 0.6 is 0 Å². The summed E-state index contributed by atoms with van der Waals surface area (Å²) < 4.78 is 0. The number of aryl methyl sites for hydroxylation is 1. The van der Waals surface area contributed by atoms with Gasteiger partial charge in [-0.25, -0.2) is 0 Å². The first-order valence-corrected chi connectivity index (χ1v) is 8.99. The molecule has 2 atom stereocenters. The van der Waals surface area contributed by atoms with E-state index >= 15 is 0 Å². The van der Waals surface area contributed by atoms with Gasteiger partial charge in [-0.05, 0) is 37.7 Å². The molecule has 0 aromatic heterocycles. The number of carbonyl (C=O) groups is 2. The molecular formula is C20H28O4. The van der Waals surface area contributed by atoms with Crippen LogP contribution in [-0.4, -0.2) is 28.1 Å². The zero-order valence-electron chi connectivity index (χ0n) is 14.2. The predicted octanol–water partition coefficient (Wildman–Crippen LogP) is 3.75. The Morgan fingerprint density at radius 2 is 1.79 bits per heavy atom. The van der Waals surface area contributed by atoms with Gasteiger partial charge in [0.15, 0.2) is 0 Å². The van der Waals surface area contributed by atoms with Gasteiger partial charge in [-0.3, -0.25) is 9.59 Å². The van der Waals surface area contributed by atoms with Crippen LogP contribution in [0.15, 0.2) is 30.3 Å². The van der Waals surface area contributed by atoms with Gasteiger partial charge in [0.1, 0.15) is 5.78 Å². The van der Waals surface area contributed by atoms with Crippen molar-refractivity contribution in [2.75, 3.05) is 0 Å². The lowest BCUT2D eigenvalue weighted by Gasteiger charge is -2.27.